The molecule has 0 amide bonds. The van der Waals surface area contributed by atoms with Gasteiger partial charge in [-0.1, -0.05) is 17.4 Å². The molecule has 0 aliphatic carbocycles. The molecule has 4 rings (SSSR count). The number of pyridine rings is 1. The molecule has 0 spiro atoms. The first-order chi connectivity index (χ1) is 13.1. The lowest BCUT2D eigenvalue weighted by Crippen LogP contribution is -2.10. The van der Waals surface area contributed by atoms with Crippen molar-refractivity contribution in [2.75, 3.05) is 5.32 Å². The minimum absolute atomic E-state index is 0.0356. The molecule has 1 N–H and O–H groups in total. The first-order valence-corrected chi connectivity index (χ1v) is 9.46. The van der Waals surface area contributed by atoms with E-state index in [1.165, 1.54) is 11.3 Å². The van der Waals surface area contributed by atoms with E-state index >= 15 is 0 Å². The number of aromatic nitrogens is 7. The fourth-order valence-corrected chi connectivity index (χ4v) is 3.67. The summed E-state index contributed by atoms with van der Waals surface area (Å²) in [5.41, 5.74) is 3.07. The smallest absolute Gasteiger partial charge is 0.211 e. The molecule has 4 aromatic rings. The highest BCUT2D eigenvalue weighted by Crippen LogP contribution is 2.27. The third-order valence-corrected chi connectivity index (χ3v) is 5.14. The summed E-state index contributed by atoms with van der Waals surface area (Å²) in [6, 6.07) is 9.86. The van der Waals surface area contributed by atoms with Crippen molar-refractivity contribution in [3.05, 3.63) is 64.8 Å². The van der Waals surface area contributed by atoms with Crippen LogP contribution in [0.1, 0.15) is 35.1 Å². The average Bonchev–Trinajstić information content (AvgIpc) is 3.37. The highest BCUT2D eigenvalue weighted by atomic mass is 32.1. The number of anilines is 2. The highest BCUT2D eigenvalue weighted by molar-refractivity contribution is 7.15. The fourth-order valence-electron chi connectivity index (χ4n) is 2.88. The second kappa shape index (κ2) is 7.28. The zero-order valence-corrected chi connectivity index (χ0v) is 16.2. The van der Waals surface area contributed by atoms with E-state index in [1.807, 2.05) is 53.7 Å². The van der Waals surface area contributed by atoms with E-state index in [0.29, 0.717) is 11.7 Å². The molecule has 1 unspecified atom stereocenters. The maximum Gasteiger partial charge on any atom is 0.211 e. The molecular weight excluding hydrogens is 360 g/mol. The van der Waals surface area contributed by atoms with Gasteiger partial charge >= 0.3 is 0 Å². The molecule has 0 radical (unpaired) electrons. The largest absolute Gasteiger partial charge is 0.313 e. The Hall–Kier alpha value is -3.07. The molecule has 138 valence electrons. The predicted molar refractivity (Wildman–Crippen MR) is 104 cm³/mol. The van der Waals surface area contributed by atoms with Crippen LogP contribution in [-0.4, -0.2) is 34.7 Å². The van der Waals surface area contributed by atoms with Crippen LogP contribution in [0.2, 0.25) is 0 Å². The summed E-state index contributed by atoms with van der Waals surface area (Å²) < 4.78 is 3.81. The lowest BCUT2D eigenvalue weighted by molar-refractivity contribution is 0.540. The Labute approximate surface area is 160 Å². The van der Waals surface area contributed by atoms with E-state index in [2.05, 4.69) is 43.7 Å². The summed E-state index contributed by atoms with van der Waals surface area (Å²) in [7, 11) is 0. The van der Waals surface area contributed by atoms with Crippen LogP contribution in [0.4, 0.5) is 10.9 Å². The van der Waals surface area contributed by atoms with Crippen molar-refractivity contribution >= 4 is 22.3 Å². The normalized spacial score (nSPS) is 12.3. The van der Waals surface area contributed by atoms with Crippen molar-refractivity contribution < 1.29 is 0 Å². The second-order valence-corrected chi connectivity index (χ2v) is 7.35. The van der Waals surface area contributed by atoms with Gasteiger partial charge in [-0.3, -0.25) is 14.3 Å². The van der Waals surface area contributed by atoms with Gasteiger partial charge in [0.1, 0.15) is 11.0 Å². The van der Waals surface area contributed by atoms with Crippen LogP contribution in [0.3, 0.4) is 0 Å². The molecule has 0 fully saturated rings. The maximum atomic E-state index is 4.54. The standard InChI is InChI=1S/C18H20N8S/c1-12-10-13(2)26(23-12)14(3)17-21-22-18(27-17)20-16-7-9-25(24-16)11-15-6-4-5-8-19-15/h4-10,14H,11H2,1-3H3,(H,20,22,24). The van der Waals surface area contributed by atoms with Crippen molar-refractivity contribution in [3.8, 4) is 0 Å². The minimum Gasteiger partial charge on any atom is -0.313 e. The second-order valence-electron chi connectivity index (χ2n) is 6.34. The third kappa shape index (κ3) is 3.87. The minimum atomic E-state index is 0.0356. The summed E-state index contributed by atoms with van der Waals surface area (Å²) in [6.45, 7) is 6.74. The van der Waals surface area contributed by atoms with Crippen LogP contribution < -0.4 is 5.32 Å². The van der Waals surface area contributed by atoms with Crippen LogP contribution in [-0.2, 0) is 6.54 Å². The first kappa shape index (κ1) is 17.3. The maximum absolute atomic E-state index is 4.54. The van der Waals surface area contributed by atoms with Crippen molar-refractivity contribution in [3.63, 3.8) is 0 Å². The number of rotatable bonds is 6. The summed E-state index contributed by atoms with van der Waals surface area (Å²) in [5, 5.41) is 22.4. The Balaban J connectivity index is 1.44. The van der Waals surface area contributed by atoms with Gasteiger partial charge in [0.05, 0.1) is 17.9 Å². The molecule has 0 saturated heterocycles. The van der Waals surface area contributed by atoms with Crippen LogP contribution >= 0.6 is 11.3 Å². The Morgan fingerprint density at radius 2 is 2.04 bits per heavy atom. The summed E-state index contributed by atoms with van der Waals surface area (Å²) in [5.74, 6) is 0.729. The van der Waals surface area contributed by atoms with E-state index < -0.39 is 0 Å². The molecule has 0 bridgehead atoms. The van der Waals surface area contributed by atoms with Crippen molar-refractivity contribution in [2.24, 2.45) is 0 Å². The summed E-state index contributed by atoms with van der Waals surface area (Å²) >= 11 is 1.51. The Bertz CT molecular complexity index is 1030. The average molecular weight is 380 g/mol. The molecule has 0 saturated carbocycles. The van der Waals surface area contributed by atoms with Crippen LogP contribution in [0.25, 0.3) is 0 Å². The van der Waals surface area contributed by atoms with Gasteiger partial charge in [-0.25, -0.2) is 0 Å². The van der Waals surface area contributed by atoms with Crippen LogP contribution in [0.5, 0.6) is 0 Å². The molecule has 4 aromatic heterocycles. The van der Waals surface area contributed by atoms with Gasteiger partial charge in [0.25, 0.3) is 0 Å². The SMILES string of the molecule is Cc1cc(C)n(C(C)c2nnc(Nc3ccn(Cc4ccccn4)n3)s2)n1. The molecule has 27 heavy (non-hydrogen) atoms. The Morgan fingerprint density at radius 3 is 2.78 bits per heavy atom. The lowest BCUT2D eigenvalue weighted by atomic mass is 10.3. The van der Waals surface area contributed by atoms with Crippen molar-refractivity contribution in [1.82, 2.24) is 34.7 Å². The van der Waals surface area contributed by atoms with Crippen molar-refractivity contribution in [2.45, 2.75) is 33.4 Å². The molecular formula is C18H20N8S. The van der Waals surface area contributed by atoms with E-state index in [1.54, 1.807) is 6.20 Å². The summed E-state index contributed by atoms with van der Waals surface area (Å²) in [4.78, 5) is 4.32. The predicted octanol–water partition coefficient (Wildman–Crippen LogP) is 3.34. The highest BCUT2D eigenvalue weighted by Gasteiger charge is 2.17. The molecule has 1 atom stereocenters. The molecule has 0 aliphatic heterocycles. The zero-order valence-electron chi connectivity index (χ0n) is 15.4. The van der Waals surface area contributed by atoms with Gasteiger partial charge in [-0.15, -0.1) is 10.2 Å². The number of hydrogen-bond acceptors (Lipinski definition) is 7. The monoisotopic (exact) mass is 380 g/mol. The first-order valence-electron chi connectivity index (χ1n) is 8.65. The van der Waals surface area contributed by atoms with Gasteiger partial charge < -0.3 is 5.32 Å². The zero-order chi connectivity index (χ0) is 18.8. The number of nitrogens with one attached hydrogen (secondary N) is 1. The van der Waals surface area contributed by atoms with Gasteiger partial charge in [0.15, 0.2) is 5.82 Å². The molecule has 0 aliphatic rings. The van der Waals surface area contributed by atoms with Crippen molar-refractivity contribution in [1.29, 1.82) is 0 Å². The van der Waals surface area contributed by atoms with E-state index in [-0.39, 0.29) is 6.04 Å². The number of hydrogen-bond donors (Lipinski definition) is 1. The number of aryl methyl sites for hydroxylation is 2. The van der Waals surface area contributed by atoms with E-state index in [4.69, 9.17) is 0 Å². The Morgan fingerprint density at radius 1 is 1.15 bits per heavy atom. The Kier molecular flexibility index (Phi) is 4.68. The lowest BCUT2D eigenvalue weighted by Gasteiger charge is -2.10. The van der Waals surface area contributed by atoms with Gasteiger partial charge in [-0.2, -0.15) is 10.2 Å². The fraction of sp³-hybridized carbons (Fsp3) is 0.278. The molecule has 4 heterocycles. The van der Waals surface area contributed by atoms with Crippen LogP contribution in [0.15, 0.2) is 42.7 Å². The summed E-state index contributed by atoms with van der Waals surface area (Å²) in [6.07, 6.45) is 3.70. The molecule has 9 heteroatoms. The quantitative estimate of drug-likeness (QED) is 0.552. The van der Waals surface area contributed by atoms with Gasteiger partial charge in [-0.05, 0) is 39.0 Å². The topological polar surface area (TPSA) is 86.3 Å². The van der Waals surface area contributed by atoms with Crippen LogP contribution in [0, 0.1) is 13.8 Å². The third-order valence-electron chi connectivity index (χ3n) is 4.14. The molecule has 8 nitrogen and oxygen atoms in total. The number of nitrogens with zero attached hydrogens (tertiary/aromatic N) is 7. The molecule has 0 aromatic carbocycles. The van der Waals surface area contributed by atoms with Gasteiger partial charge in [0, 0.05) is 24.2 Å². The van der Waals surface area contributed by atoms with Gasteiger partial charge in [0.2, 0.25) is 5.13 Å². The van der Waals surface area contributed by atoms with E-state index in [9.17, 15) is 0 Å². The van der Waals surface area contributed by atoms with E-state index in [0.717, 1.165) is 27.9 Å².